The molecule has 0 N–H and O–H groups in total. The van der Waals surface area contributed by atoms with Crippen molar-refractivity contribution in [1.29, 1.82) is 0 Å². The zero-order valence-electron chi connectivity index (χ0n) is 15.7. The van der Waals surface area contributed by atoms with Crippen LogP contribution in [-0.2, 0) is 6.18 Å². The molecular weight excluding hydrogens is 402 g/mol. The van der Waals surface area contributed by atoms with Crippen LogP contribution in [0.25, 0.3) is 11.5 Å². The lowest BCUT2D eigenvalue weighted by atomic mass is 9.95. The minimum Gasteiger partial charge on any atom is -0.420 e. The molecule has 1 aliphatic heterocycles. The third-order valence-corrected chi connectivity index (χ3v) is 5.13. The van der Waals surface area contributed by atoms with Crippen molar-refractivity contribution >= 4 is 5.91 Å². The predicted molar refractivity (Wildman–Crippen MR) is 99.0 cm³/mol. The summed E-state index contributed by atoms with van der Waals surface area (Å²) in [4.78, 5) is 14.1. The third kappa shape index (κ3) is 4.05. The average Bonchev–Trinajstić information content (AvgIpc) is 3.23. The van der Waals surface area contributed by atoms with Gasteiger partial charge in [-0.05, 0) is 49.2 Å². The van der Waals surface area contributed by atoms with Crippen LogP contribution in [0.4, 0.5) is 17.6 Å². The molecule has 4 rings (SSSR count). The van der Waals surface area contributed by atoms with Crippen LogP contribution in [0.3, 0.4) is 0 Å². The molecule has 2 heterocycles. The second-order valence-corrected chi connectivity index (χ2v) is 7.06. The summed E-state index contributed by atoms with van der Waals surface area (Å²) in [6.45, 7) is 0.563. The summed E-state index contributed by atoms with van der Waals surface area (Å²) in [6.07, 6.45) is -3.61. The molecule has 0 radical (unpaired) electrons. The number of carbonyl (C=O) groups excluding carboxylic acids is 1. The molecule has 1 amide bonds. The Hall–Kier alpha value is -3.23. The van der Waals surface area contributed by atoms with Crippen molar-refractivity contribution in [3.8, 4) is 11.5 Å². The number of halogens is 4. The first kappa shape index (κ1) is 20.1. The highest BCUT2D eigenvalue weighted by atomic mass is 19.4. The zero-order chi connectivity index (χ0) is 21.3. The van der Waals surface area contributed by atoms with Crippen LogP contribution >= 0.6 is 0 Å². The minimum absolute atomic E-state index is 0.103. The van der Waals surface area contributed by atoms with Gasteiger partial charge in [-0.2, -0.15) is 13.2 Å². The van der Waals surface area contributed by atoms with Gasteiger partial charge < -0.3 is 9.32 Å². The molecule has 0 spiro atoms. The maximum atomic E-state index is 13.2. The Kier molecular flexibility index (Phi) is 5.27. The number of benzene rings is 2. The number of rotatable bonds is 3. The van der Waals surface area contributed by atoms with Gasteiger partial charge >= 0.3 is 6.18 Å². The highest BCUT2D eigenvalue weighted by Crippen LogP contribution is 2.34. The summed E-state index contributed by atoms with van der Waals surface area (Å²) < 4.78 is 58.4. The van der Waals surface area contributed by atoms with Crippen LogP contribution in [0.5, 0.6) is 0 Å². The van der Waals surface area contributed by atoms with E-state index in [0.29, 0.717) is 24.3 Å². The molecule has 30 heavy (non-hydrogen) atoms. The van der Waals surface area contributed by atoms with Crippen LogP contribution in [0.1, 0.15) is 40.6 Å². The number of carbonyl (C=O) groups is 1. The molecule has 5 nitrogen and oxygen atoms in total. The topological polar surface area (TPSA) is 59.2 Å². The number of piperidine rings is 1. The van der Waals surface area contributed by atoms with E-state index in [1.807, 2.05) is 0 Å². The Morgan fingerprint density at radius 2 is 1.67 bits per heavy atom. The molecule has 0 atom stereocenters. The van der Waals surface area contributed by atoms with Gasteiger partial charge in [-0.1, -0.05) is 12.1 Å². The maximum Gasteiger partial charge on any atom is 0.417 e. The number of aromatic nitrogens is 2. The Morgan fingerprint density at radius 3 is 2.33 bits per heavy atom. The monoisotopic (exact) mass is 419 g/mol. The lowest BCUT2D eigenvalue weighted by Crippen LogP contribution is -2.38. The zero-order valence-corrected chi connectivity index (χ0v) is 15.7. The average molecular weight is 419 g/mol. The van der Waals surface area contributed by atoms with Gasteiger partial charge in [-0.25, -0.2) is 4.39 Å². The van der Waals surface area contributed by atoms with E-state index in [9.17, 15) is 22.4 Å². The fourth-order valence-electron chi connectivity index (χ4n) is 3.53. The third-order valence-electron chi connectivity index (χ3n) is 5.13. The largest absolute Gasteiger partial charge is 0.420 e. The molecule has 1 aliphatic rings. The number of alkyl halides is 3. The summed E-state index contributed by atoms with van der Waals surface area (Å²) in [5.74, 6) is -0.449. The van der Waals surface area contributed by atoms with Crippen molar-refractivity contribution < 1.29 is 26.8 Å². The second-order valence-electron chi connectivity index (χ2n) is 7.06. The summed E-state index contributed by atoms with van der Waals surface area (Å²) in [5, 5.41) is 8.04. The summed E-state index contributed by atoms with van der Waals surface area (Å²) in [7, 11) is 0. The maximum absolute atomic E-state index is 13.2. The van der Waals surface area contributed by atoms with Gasteiger partial charge in [0.2, 0.25) is 11.8 Å². The van der Waals surface area contributed by atoms with E-state index in [1.165, 1.54) is 47.4 Å². The van der Waals surface area contributed by atoms with Crippen LogP contribution in [0.15, 0.2) is 52.9 Å². The van der Waals surface area contributed by atoms with Crippen LogP contribution in [-0.4, -0.2) is 34.1 Å². The van der Waals surface area contributed by atoms with Crippen molar-refractivity contribution in [2.45, 2.75) is 24.9 Å². The van der Waals surface area contributed by atoms with Gasteiger partial charge in [-0.3, -0.25) is 4.79 Å². The normalized spacial score (nSPS) is 15.4. The molecule has 1 aromatic heterocycles. The molecule has 0 aliphatic carbocycles. The molecule has 0 bridgehead atoms. The van der Waals surface area contributed by atoms with Gasteiger partial charge in [-0.15, -0.1) is 10.2 Å². The van der Waals surface area contributed by atoms with Crippen LogP contribution in [0, 0.1) is 5.82 Å². The van der Waals surface area contributed by atoms with Gasteiger partial charge in [0.05, 0.1) is 11.1 Å². The Balaban J connectivity index is 1.44. The predicted octanol–water partition coefficient (Wildman–Crippen LogP) is 4.91. The molecular formula is C21H17F4N3O2. The van der Waals surface area contributed by atoms with Gasteiger partial charge in [0, 0.05) is 24.6 Å². The van der Waals surface area contributed by atoms with E-state index in [2.05, 4.69) is 10.2 Å². The summed E-state index contributed by atoms with van der Waals surface area (Å²) in [6, 6.07) is 10.5. The van der Waals surface area contributed by atoms with Gasteiger partial charge in [0.15, 0.2) is 0 Å². The smallest absolute Gasteiger partial charge is 0.417 e. The summed E-state index contributed by atoms with van der Waals surface area (Å²) in [5.41, 5.74) is -0.690. The standard InChI is InChI=1S/C21H17F4N3O2/c22-15-7-5-13(6-8-15)18-26-27-19(30-18)14-9-11-28(12-10-14)20(29)16-3-1-2-4-17(16)21(23,24)25/h1-8,14H,9-12H2. The van der Waals surface area contributed by atoms with Crippen molar-refractivity contribution in [2.24, 2.45) is 0 Å². The first-order valence-corrected chi connectivity index (χ1v) is 9.38. The highest BCUT2D eigenvalue weighted by molar-refractivity contribution is 5.96. The molecule has 0 saturated carbocycles. The molecule has 2 aromatic carbocycles. The lowest BCUT2D eigenvalue weighted by Gasteiger charge is -2.31. The first-order valence-electron chi connectivity index (χ1n) is 9.38. The van der Waals surface area contributed by atoms with E-state index < -0.39 is 17.6 Å². The first-order chi connectivity index (χ1) is 14.3. The van der Waals surface area contributed by atoms with Crippen molar-refractivity contribution in [3.05, 3.63) is 71.4 Å². The van der Waals surface area contributed by atoms with E-state index in [4.69, 9.17) is 4.42 Å². The highest BCUT2D eigenvalue weighted by Gasteiger charge is 2.37. The minimum atomic E-state index is -4.59. The number of amides is 1. The molecule has 3 aromatic rings. The van der Waals surface area contributed by atoms with E-state index in [1.54, 1.807) is 0 Å². The van der Waals surface area contributed by atoms with E-state index in [-0.39, 0.29) is 36.3 Å². The number of hydrogen-bond acceptors (Lipinski definition) is 4. The lowest BCUT2D eigenvalue weighted by molar-refractivity contribution is -0.138. The number of likely N-dealkylation sites (tertiary alicyclic amines) is 1. The molecule has 156 valence electrons. The number of hydrogen-bond donors (Lipinski definition) is 0. The Morgan fingerprint density at radius 1 is 1.00 bits per heavy atom. The SMILES string of the molecule is O=C(c1ccccc1C(F)(F)F)N1CCC(c2nnc(-c3ccc(F)cc3)o2)CC1. The molecule has 0 unspecified atom stereocenters. The van der Waals surface area contributed by atoms with Crippen molar-refractivity contribution in [3.63, 3.8) is 0 Å². The quantitative estimate of drug-likeness (QED) is 0.566. The molecule has 1 saturated heterocycles. The fourth-order valence-corrected chi connectivity index (χ4v) is 3.53. The number of nitrogens with zero attached hydrogens (tertiary/aromatic N) is 3. The van der Waals surface area contributed by atoms with Crippen molar-refractivity contribution in [1.82, 2.24) is 15.1 Å². The van der Waals surface area contributed by atoms with Crippen LogP contribution in [0.2, 0.25) is 0 Å². The van der Waals surface area contributed by atoms with Crippen LogP contribution < -0.4 is 0 Å². The Bertz CT molecular complexity index is 1040. The van der Waals surface area contributed by atoms with E-state index >= 15 is 0 Å². The van der Waals surface area contributed by atoms with Crippen molar-refractivity contribution in [2.75, 3.05) is 13.1 Å². The Labute approximate surface area is 169 Å². The molecule has 1 fully saturated rings. The van der Waals surface area contributed by atoms with Gasteiger partial charge in [0.25, 0.3) is 5.91 Å². The molecule has 9 heteroatoms. The van der Waals surface area contributed by atoms with Gasteiger partial charge in [0.1, 0.15) is 5.82 Å². The fraction of sp³-hybridized carbons (Fsp3) is 0.286. The summed E-state index contributed by atoms with van der Waals surface area (Å²) >= 11 is 0. The van der Waals surface area contributed by atoms with E-state index in [0.717, 1.165) is 6.07 Å². The second kappa shape index (κ2) is 7.89.